The number of carbonyl (C=O) groups excluding carboxylic acids is 1. The molecule has 3 N–H and O–H groups in total. The van der Waals surface area contributed by atoms with Gasteiger partial charge in [-0.2, -0.15) is 0 Å². The number of Topliss-reactive ketones (excluding diaryl/α,β-unsaturated/α-hetero) is 1. The Morgan fingerprint density at radius 3 is 2.09 bits per heavy atom. The highest BCUT2D eigenvalue weighted by Gasteiger charge is 2.18. The van der Waals surface area contributed by atoms with Crippen LogP contribution in [0, 0.1) is 0 Å². The van der Waals surface area contributed by atoms with Gasteiger partial charge in [-0.15, -0.1) is 0 Å². The summed E-state index contributed by atoms with van der Waals surface area (Å²) in [6.45, 7) is 0. The molecular weight excluding hydrogens is 292 g/mol. The summed E-state index contributed by atoms with van der Waals surface area (Å²) < 4.78 is 0. The molecule has 2 aromatic rings. The summed E-state index contributed by atoms with van der Waals surface area (Å²) in [7, 11) is 0. The van der Waals surface area contributed by atoms with Crippen LogP contribution >= 0.6 is 0 Å². The van der Waals surface area contributed by atoms with E-state index in [1.54, 1.807) is 18.2 Å². The molecule has 4 nitrogen and oxygen atoms in total. The quantitative estimate of drug-likeness (QED) is 0.699. The number of ketones is 1. The summed E-state index contributed by atoms with van der Waals surface area (Å²) in [5.74, 6) is 0.0259. The van der Waals surface area contributed by atoms with E-state index in [0.29, 0.717) is 17.5 Å². The van der Waals surface area contributed by atoms with Crippen LogP contribution in [0.15, 0.2) is 36.4 Å². The minimum atomic E-state index is -1.02. The summed E-state index contributed by atoms with van der Waals surface area (Å²) in [5.41, 5.74) is 2.89. The van der Waals surface area contributed by atoms with Gasteiger partial charge >= 0.3 is 0 Å². The van der Waals surface area contributed by atoms with Gasteiger partial charge in [0.05, 0.1) is 0 Å². The van der Waals surface area contributed by atoms with E-state index in [-0.39, 0.29) is 23.7 Å². The first kappa shape index (κ1) is 15.6. The Balaban J connectivity index is 2.10. The molecule has 1 aliphatic rings. The lowest BCUT2D eigenvalue weighted by molar-refractivity contribution is -0.127. The lowest BCUT2D eigenvalue weighted by Crippen LogP contribution is -2.22. The van der Waals surface area contributed by atoms with Crippen molar-refractivity contribution in [2.45, 2.75) is 38.2 Å². The highest BCUT2D eigenvalue weighted by molar-refractivity contribution is 5.83. The minimum absolute atomic E-state index is 0.0666. The number of benzene rings is 2. The van der Waals surface area contributed by atoms with Crippen molar-refractivity contribution in [1.29, 1.82) is 0 Å². The molecule has 2 aromatic carbocycles. The number of aromatic hydroxyl groups is 2. The van der Waals surface area contributed by atoms with Crippen molar-refractivity contribution in [3.05, 3.63) is 47.5 Å². The first-order valence-electron chi connectivity index (χ1n) is 7.89. The van der Waals surface area contributed by atoms with Gasteiger partial charge in [-0.05, 0) is 54.7 Å². The Labute approximate surface area is 135 Å². The molecule has 0 saturated carbocycles. The Hall–Kier alpha value is -2.33. The number of aryl methyl sites for hydroxylation is 1. The Morgan fingerprint density at radius 2 is 1.39 bits per heavy atom. The first-order chi connectivity index (χ1) is 11.0. The van der Waals surface area contributed by atoms with Gasteiger partial charge in [0.15, 0.2) is 5.78 Å². The van der Waals surface area contributed by atoms with Crippen LogP contribution in [-0.4, -0.2) is 27.2 Å². The topological polar surface area (TPSA) is 77.8 Å². The van der Waals surface area contributed by atoms with Crippen LogP contribution in [0.4, 0.5) is 0 Å². The molecule has 4 heteroatoms. The fourth-order valence-corrected chi connectivity index (χ4v) is 3.01. The predicted octanol–water partition coefficient (Wildman–Crippen LogP) is 2.96. The molecule has 1 unspecified atom stereocenters. The predicted molar refractivity (Wildman–Crippen MR) is 87.5 cm³/mol. The number of hydrogen-bond donors (Lipinski definition) is 3. The van der Waals surface area contributed by atoms with Crippen LogP contribution in [0.25, 0.3) is 11.1 Å². The van der Waals surface area contributed by atoms with Gasteiger partial charge in [-0.3, -0.25) is 4.79 Å². The highest BCUT2D eigenvalue weighted by Crippen LogP contribution is 2.37. The van der Waals surface area contributed by atoms with E-state index < -0.39 is 6.10 Å². The number of phenolic OH excluding ortho intramolecular Hbond substituents is 2. The van der Waals surface area contributed by atoms with Gasteiger partial charge in [-0.1, -0.05) is 12.1 Å². The van der Waals surface area contributed by atoms with Crippen LogP contribution in [0.2, 0.25) is 0 Å². The second-order valence-corrected chi connectivity index (χ2v) is 6.10. The molecule has 120 valence electrons. The van der Waals surface area contributed by atoms with Crippen molar-refractivity contribution in [3.8, 4) is 22.6 Å². The normalized spacial score (nSPS) is 18.7. The van der Waals surface area contributed by atoms with E-state index in [0.717, 1.165) is 30.4 Å². The van der Waals surface area contributed by atoms with Gasteiger partial charge in [0.2, 0.25) is 0 Å². The van der Waals surface area contributed by atoms with Crippen molar-refractivity contribution >= 4 is 5.78 Å². The zero-order chi connectivity index (χ0) is 16.4. The zero-order valence-corrected chi connectivity index (χ0v) is 12.8. The molecule has 23 heavy (non-hydrogen) atoms. The average molecular weight is 312 g/mol. The maximum absolute atomic E-state index is 12.0. The third-order valence-corrected chi connectivity index (χ3v) is 4.35. The summed E-state index contributed by atoms with van der Waals surface area (Å²) >= 11 is 0. The fraction of sp³-hybridized carbons (Fsp3) is 0.316. The molecular formula is C19H20O4. The van der Waals surface area contributed by atoms with Crippen molar-refractivity contribution in [1.82, 2.24) is 0 Å². The number of phenols is 2. The van der Waals surface area contributed by atoms with Gasteiger partial charge in [0.1, 0.15) is 17.6 Å². The second-order valence-electron chi connectivity index (χ2n) is 6.10. The molecule has 3 rings (SSSR count). The van der Waals surface area contributed by atoms with Crippen LogP contribution in [0.1, 0.15) is 30.4 Å². The van der Waals surface area contributed by atoms with Crippen molar-refractivity contribution < 1.29 is 20.1 Å². The maximum Gasteiger partial charge on any atom is 0.161 e. The second kappa shape index (κ2) is 6.42. The molecule has 0 heterocycles. The smallest absolute Gasteiger partial charge is 0.161 e. The summed E-state index contributed by atoms with van der Waals surface area (Å²) in [6.07, 6.45) is 1.92. The standard InChI is InChI=1S/C19H20O4/c20-16-7-5-12-3-1-2-4-18(22)19(23)11-13-6-8-17(21)15(10-13)14(16)9-12/h5-10,19-21,23H,1-4,11H2. The van der Waals surface area contributed by atoms with E-state index in [1.807, 2.05) is 12.1 Å². The molecule has 1 atom stereocenters. The number of hydrogen-bond acceptors (Lipinski definition) is 4. The number of rotatable bonds is 0. The SMILES string of the molecule is O=C1CCCCc2ccc(O)c(c2)-c2cc(ccc2O)CC1O. The van der Waals surface area contributed by atoms with Crippen molar-refractivity contribution in [2.24, 2.45) is 0 Å². The van der Waals surface area contributed by atoms with Gasteiger partial charge in [-0.25, -0.2) is 0 Å². The fourth-order valence-electron chi connectivity index (χ4n) is 3.01. The largest absolute Gasteiger partial charge is 0.507 e. The summed E-state index contributed by atoms with van der Waals surface area (Å²) in [5, 5.41) is 30.4. The monoisotopic (exact) mass is 312 g/mol. The van der Waals surface area contributed by atoms with Crippen molar-refractivity contribution in [3.63, 3.8) is 0 Å². The number of carbonyl (C=O) groups is 1. The van der Waals surface area contributed by atoms with Gasteiger partial charge < -0.3 is 15.3 Å². The first-order valence-corrected chi connectivity index (χ1v) is 7.89. The highest BCUT2D eigenvalue weighted by atomic mass is 16.3. The van der Waals surface area contributed by atoms with E-state index in [9.17, 15) is 20.1 Å². The maximum atomic E-state index is 12.0. The van der Waals surface area contributed by atoms with Crippen LogP contribution in [-0.2, 0) is 17.6 Å². The number of aliphatic hydroxyl groups is 1. The van der Waals surface area contributed by atoms with E-state index >= 15 is 0 Å². The van der Waals surface area contributed by atoms with E-state index in [4.69, 9.17) is 0 Å². The molecule has 0 amide bonds. The zero-order valence-electron chi connectivity index (χ0n) is 12.8. The van der Waals surface area contributed by atoms with Crippen molar-refractivity contribution in [2.75, 3.05) is 0 Å². The third kappa shape index (κ3) is 3.37. The Morgan fingerprint density at radius 1 is 0.826 bits per heavy atom. The molecule has 0 aliphatic heterocycles. The lowest BCUT2D eigenvalue weighted by atomic mass is 9.96. The number of fused-ring (bicyclic) bond motifs is 5. The third-order valence-electron chi connectivity index (χ3n) is 4.35. The Kier molecular flexibility index (Phi) is 4.35. The van der Waals surface area contributed by atoms with Crippen LogP contribution in [0.3, 0.4) is 0 Å². The van der Waals surface area contributed by atoms with E-state index in [2.05, 4.69) is 0 Å². The van der Waals surface area contributed by atoms with Gasteiger partial charge in [0, 0.05) is 24.0 Å². The molecule has 0 saturated heterocycles. The van der Waals surface area contributed by atoms with E-state index in [1.165, 1.54) is 6.07 Å². The van der Waals surface area contributed by atoms with Crippen LogP contribution < -0.4 is 0 Å². The lowest BCUT2D eigenvalue weighted by Gasteiger charge is -2.12. The molecule has 0 aromatic heterocycles. The Bertz CT molecular complexity index is 736. The number of aliphatic hydroxyl groups excluding tert-OH is 1. The molecule has 4 bridgehead atoms. The minimum Gasteiger partial charge on any atom is -0.507 e. The molecule has 1 aliphatic carbocycles. The average Bonchev–Trinajstić information content (AvgIpc) is 2.54. The molecule has 0 radical (unpaired) electrons. The van der Waals surface area contributed by atoms with Gasteiger partial charge in [0.25, 0.3) is 0 Å². The molecule has 0 fully saturated rings. The summed E-state index contributed by atoms with van der Waals surface area (Å²) in [6, 6.07) is 10.3. The summed E-state index contributed by atoms with van der Waals surface area (Å²) in [4.78, 5) is 12.0. The molecule has 0 spiro atoms. The van der Waals surface area contributed by atoms with Crippen LogP contribution in [0.5, 0.6) is 11.5 Å².